The number of ether oxygens (including phenoxy) is 1. The van der Waals surface area contributed by atoms with Gasteiger partial charge in [-0.25, -0.2) is 4.98 Å². The molecule has 1 aliphatic carbocycles. The Morgan fingerprint density at radius 3 is 2.76 bits per heavy atom. The van der Waals surface area contributed by atoms with Crippen molar-refractivity contribution in [2.45, 2.75) is 44.7 Å². The number of rotatable bonds is 6. The van der Waals surface area contributed by atoms with E-state index >= 15 is 0 Å². The van der Waals surface area contributed by atoms with Crippen molar-refractivity contribution in [1.82, 2.24) is 9.55 Å². The first-order valence-electron chi connectivity index (χ1n) is 7.87. The number of aromatic nitrogens is 2. The summed E-state index contributed by atoms with van der Waals surface area (Å²) in [6.45, 7) is 1.46. The quantitative estimate of drug-likeness (QED) is 0.879. The molecule has 0 saturated heterocycles. The van der Waals surface area contributed by atoms with Gasteiger partial charge in [-0.3, -0.25) is 0 Å². The van der Waals surface area contributed by atoms with Crippen LogP contribution in [0.25, 0.3) is 0 Å². The molecular weight excluding hydrogens is 262 g/mol. The van der Waals surface area contributed by atoms with Crippen molar-refractivity contribution in [2.24, 2.45) is 0 Å². The summed E-state index contributed by atoms with van der Waals surface area (Å²) in [4.78, 5) is 4.43. The molecule has 1 aromatic heterocycles. The third kappa shape index (κ3) is 4.00. The van der Waals surface area contributed by atoms with Gasteiger partial charge in [0.05, 0.1) is 6.54 Å². The molecule has 1 aliphatic rings. The number of nitrogens with one attached hydrogen (secondary N) is 1. The summed E-state index contributed by atoms with van der Waals surface area (Å²) in [5.74, 6) is 1.89. The fourth-order valence-electron chi connectivity index (χ4n) is 2.84. The van der Waals surface area contributed by atoms with Crippen LogP contribution in [-0.4, -0.2) is 22.2 Å². The topological polar surface area (TPSA) is 39.1 Å². The summed E-state index contributed by atoms with van der Waals surface area (Å²) in [5, 5.41) is 3.57. The van der Waals surface area contributed by atoms with E-state index in [4.69, 9.17) is 4.74 Å². The molecule has 4 heteroatoms. The van der Waals surface area contributed by atoms with Crippen molar-refractivity contribution >= 4 is 5.95 Å². The number of para-hydroxylation sites is 1. The predicted octanol–water partition coefficient (Wildman–Crippen LogP) is 3.71. The Kier molecular flexibility index (Phi) is 4.77. The van der Waals surface area contributed by atoms with Crippen LogP contribution < -0.4 is 10.1 Å². The van der Waals surface area contributed by atoms with Gasteiger partial charge in [0.25, 0.3) is 0 Å². The Hall–Kier alpha value is -1.97. The molecule has 4 nitrogen and oxygen atoms in total. The number of benzene rings is 1. The molecule has 1 fully saturated rings. The number of nitrogens with zero attached hydrogens (tertiary/aromatic N) is 2. The van der Waals surface area contributed by atoms with Gasteiger partial charge in [-0.2, -0.15) is 0 Å². The zero-order valence-electron chi connectivity index (χ0n) is 12.4. The van der Waals surface area contributed by atoms with E-state index in [0.717, 1.165) is 18.2 Å². The van der Waals surface area contributed by atoms with Gasteiger partial charge in [0.15, 0.2) is 0 Å². The fourth-order valence-corrected chi connectivity index (χ4v) is 2.84. The van der Waals surface area contributed by atoms with E-state index in [2.05, 4.69) is 14.9 Å². The van der Waals surface area contributed by atoms with Gasteiger partial charge in [0, 0.05) is 18.4 Å². The van der Waals surface area contributed by atoms with Gasteiger partial charge in [-0.15, -0.1) is 0 Å². The van der Waals surface area contributed by atoms with Crippen LogP contribution >= 0.6 is 0 Å². The molecular formula is C17H23N3O. The van der Waals surface area contributed by atoms with Gasteiger partial charge in [-0.05, 0) is 25.0 Å². The molecule has 0 aliphatic heterocycles. The van der Waals surface area contributed by atoms with Gasteiger partial charge >= 0.3 is 0 Å². The lowest BCUT2D eigenvalue weighted by molar-refractivity contribution is 0.299. The maximum absolute atomic E-state index is 5.75. The van der Waals surface area contributed by atoms with Crippen molar-refractivity contribution in [3.05, 3.63) is 42.7 Å². The van der Waals surface area contributed by atoms with Crippen LogP contribution in [0.15, 0.2) is 42.7 Å². The van der Waals surface area contributed by atoms with E-state index in [1.54, 1.807) is 0 Å². The number of hydrogen-bond acceptors (Lipinski definition) is 3. The Morgan fingerprint density at radius 2 is 1.95 bits per heavy atom. The highest BCUT2D eigenvalue weighted by atomic mass is 16.5. The van der Waals surface area contributed by atoms with Crippen molar-refractivity contribution in [3.63, 3.8) is 0 Å². The summed E-state index contributed by atoms with van der Waals surface area (Å²) in [6.07, 6.45) is 10.4. The molecule has 0 bridgehead atoms. The first-order valence-corrected chi connectivity index (χ1v) is 7.87. The molecule has 0 atom stereocenters. The average molecular weight is 285 g/mol. The Morgan fingerprint density at radius 1 is 1.14 bits per heavy atom. The zero-order valence-corrected chi connectivity index (χ0v) is 12.4. The third-order valence-corrected chi connectivity index (χ3v) is 4.00. The highest BCUT2D eigenvalue weighted by molar-refractivity contribution is 5.28. The van der Waals surface area contributed by atoms with Gasteiger partial charge < -0.3 is 14.6 Å². The molecule has 0 spiro atoms. The van der Waals surface area contributed by atoms with Crippen LogP contribution in [-0.2, 0) is 6.54 Å². The van der Waals surface area contributed by atoms with Crippen molar-refractivity contribution in [3.8, 4) is 5.75 Å². The maximum atomic E-state index is 5.75. The van der Waals surface area contributed by atoms with Crippen molar-refractivity contribution in [1.29, 1.82) is 0 Å². The monoisotopic (exact) mass is 285 g/mol. The molecule has 112 valence electrons. The maximum Gasteiger partial charge on any atom is 0.203 e. The summed E-state index contributed by atoms with van der Waals surface area (Å²) in [7, 11) is 0. The van der Waals surface area contributed by atoms with Crippen LogP contribution in [0, 0.1) is 0 Å². The lowest BCUT2D eigenvalue weighted by Crippen LogP contribution is -2.24. The SMILES string of the molecule is c1ccc(OCCn2ccnc2NC2CCCCC2)cc1. The lowest BCUT2D eigenvalue weighted by Gasteiger charge is -2.23. The van der Waals surface area contributed by atoms with Crippen LogP contribution in [0.5, 0.6) is 5.75 Å². The minimum Gasteiger partial charge on any atom is -0.492 e. The van der Waals surface area contributed by atoms with Gasteiger partial charge in [0.2, 0.25) is 5.95 Å². The molecule has 0 unspecified atom stereocenters. The number of hydrogen-bond donors (Lipinski definition) is 1. The lowest BCUT2D eigenvalue weighted by atomic mass is 9.96. The van der Waals surface area contributed by atoms with Gasteiger partial charge in [0.1, 0.15) is 12.4 Å². The number of anilines is 1. The highest BCUT2D eigenvalue weighted by Crippen LogP contribution is 2.21. The summed E-state index contributed by atoms with van der Waals surface area (Å²) < 4.78 is 7.88. The summed E-state index contributed by atoms with van der Waals surface area (Å²) in [5.41, 5.74) is 0. The van der Waals surface area contributed by atoms with Gasteiger partial charge in [-0.1, -0.05) is 37.5 Å². The number of imidazole rings is 1. The van der Waals surface area contributed by atoms with Crippen molar-refractivity contribution in [2.75, 3.05) is 11.9 Å². The fraction of sp³-hybridized carbons (Fsp3) is 0.471. The molecule has 0 radical (unpaired) electrons. The van der Waals surface area contributed by atoms with E-state index < -0.39 is 0 Å². The van der Waals surface area contributed by atoms with E-state index in [9.17, 15) is 0 Å². The minimum atomic E-state index is 0.579. The molecule has 1 aromatic carbocycles. The Balaban J connectivity index is 1.50. The largest absolute Gasteiger partial charge is 0.492 e. The Bertz CT molecular complexity index is 532. The molecule has 1 heterocycles. The molecule has 2 aromatic rings. The second kappa shape index (κ2) is 7.16. The van der Waals surface area contributed by atoms with E-state index in [-0.39, 0.29) is 0 Å². The van der Waals surface area contributed by atoms with Crippen LogP contribution in [0.4, 0.5) is 5.95 Å². The molecule has 1 N–H and O–H groups in total. The standard InChI is InChI=1S/C17H23N3O/c1-3-7-15(8-4-1)19-17-18-11-12-20(17)13-14-21-16-9-5-2-6-10-16/h2,5-6,9-12,15H,1,3-4,7-8,13-14H2,(H,18,19). The van der Waals surface area contributed by atoms with Crippen LogP contribution in [0.2, 0.25) is 0 Å². The van der Waals surface area contributed by atoms with E-state index in [1.165, 1.54) is 32.1 Å². The smallest absolute Gasteiger partial charge is 0.203 e. The molecule has 3 rings (SSSR count). The second-order valence-corrected chi connectivity index (χ2v) is 5.59. The van der Waals surface area contributed by atoms with E-state index in [1.807, 2.05) is 42.7 Å². The van der Waals surface area contributed by atoms with Crippen LogP contribution in [0.1, 0.15) is 32.1 Å². The Labute approximate surface area is 126 Å². The summed E-state index contributed by atoms with van der Waals surface area (Å²) >= 11 is 0. The predicted molar refractivity (Wildman–Crippen MR) is 84.7 cm³/mol. The molecule has 0 amide bonds. The molecule has 1 saturated carbocycles. The molecule has 21 heavy (non-hydrogen) atoms. The van der Waals surface area contributed by atoms with Crippen molar-refractivity contribution < 1.29 is 4.74 Å². The normalized spacial score (nSPS) is 15.8. The summed E-state index contributed by atoms with van der Waals surface area (Å²) in [6, 6.07) is 10.5. The second-order valence-electron chi connectivity index (χ2n) is 5.59. The third-order valence-electron chi connectivity index (χ3n) is 4.00. The highest BCUT2D eigenvalue weighted by Gasteiger charge is 2.15. The average Bonchev–Trinajstić information content (AvgIpc) is 2.97. The minimum absolute atomic E-state index is 0.579. The van der Waals surface area contributed by atoms with E-state index in [0.29, 0.717) is 12.6 Å². The van der Waals surface area contributed by atoms with Crippen LogP contribution in [0.3, 0.4) is 0 Å². The first-order chi connectivity index (χ1) is 10.4. The first kappa shape index (κ1) is 14.0. The zero-order chi connectivity index (χ0) is 14.3.